The summed E-state index contributed by atoms with van der Waals surface area (Å²) in [5, 5.41) is 24.9. The number of nitrogens with zero attached hydrogens (tertiary/aromatic N) is 1. The Balaban J connectivity index is 2.24. The molecule has 294 valence electrons. The van der Waals surface area contributed by atoms with Gasteiger partial charge in [0.05, 0.1) is 24.3 Å². The predicted octanol–water partition coefficient (Wildman–Crippen LogP) is 13.5. The van der Waals surface area contributed by atoms with Crippen LogP contribution >= 0.6 is 23.2 Å². The van der Waals surface area contributed by atoms with Crippen molar-refractivity contribution in [1.29, 1.82) is 0 Å². The number of aromatic hydroxyl groups is 1. The van der Waals surface area contributed by atoms with Gasteiger partial charge in [-0.2, -0.15) is 0 Å². The molecule has 0 heterocycles. The van der Waals surface area contributed by atoms with Crippen LogP contribution in [0.25, 0.3) is 0 Å². The average molecular weight is 769 g/mol. The molecule has 0 radical (unpaired) electrons. The van der Waals surface area contributed by atoms with Gasteiger partial charge < -0.3 is 19.7 Å². The van der Waals surface area contributed by atoms with Gasteiger partial charge in [0.15, 0.2) is 0 Å². The van der Waals surface area contributed by atoms with Gasteiger partial charge in [0, 0.05) is 27.9 Å². The minimum atomic E-state index is -1.70. The highest BCUT2D eigenvalue weighted by Crippen LogP contribution is 2.46. The molecule has 0 fully saturated rings. The molecule has 2 N–H and O–H groups in total. The molecule has 0 amide bonds. The summed E-state index contributed by atoms with van der Waals surface area (Å²) < 4.78 is 13.2. The second kappa shape index (κ2) is 20.8. The number of halogens is 2. The molecule has 0 saturated carbocycles. The summed E-state index contributed by atoms with van der Waals surface area (Å²) >= 11 is 12.6. The van der Waals surface area contributed by atoms with E-state index in [1.54, 1.807) is 6.07 Å². The standard InChI is InChI=1S/C46H67Cl2NO4/c1-10-12-14-16-18-20-26-52-41-24-22-35(44(4,5)6)29-38(41)46(51,33(3)49-32-34-28-37(47)31-40(48)43(34)50)39-30-36(45(7,8)9)23-25-42(39)53-27-21-19-17-15-13-11-2/h22-25,28-33,50-51H,10-21,26-27H2,1-9H3. The van der Waals surface area contributed by atoms with Crippen molar-refractivity contribution in [2.45, 2.75) is 162 Å². The largest absolute Gasteiger partial charge is 0.506 e. The van der Waals surface area contributed by atoms with Crippen molar-refractivity contribution in [3.8, 4) is 17.2 Å². The normalized spacial score (nSPS) is 13.1. The first-order chi connectivity index (χ1) is 25.0. The van der Waals surface area contributed by atoms with E-state index in [2.05, 4.69) is 79.7 Å². The van der Waals surface area contributed by atoms with Gasteiger partial charge in [-0.15, -0.1) is 0 Å². The van der Waals surface area contributed by atoms with E-state index in [9.17, 15) is 10.2 Å². The van der Waals surface area contributed by atoms with E-state index in [4.69, 9.17) is 37.7 Å². The lowest BCUT2D eigenvalue weighted by Crippen LogP contribution is -2.39. The zero-order valence-corrected chi connectivity index (χ0v) is 35.6. The second-order valence-corrected chi connectivity index (χ2v) is 17.5. The third-order valence-corrected chi connectivity index (χ3v) is 10.6. The van der Waals surface area contributed by atoms with Crippen LogP contribution in [0.3, 0.4) is 0 Å². The summed E-state index contributed by atoms with van der Waals surface area (Å²) in [6.45, 7) is 20.5. The van der Waals surface area contributed by atoms with E-state index in [-0.39, 0.29) is 21.6 Å². The molecule has 1 unspecified atom stereocenters. The number of aliphatic imine (C=N–C) groups is 1. The lowest BCUT2D eigenvalue weighted by Gasteiger charge is -2.37. The van der Waals surface area contributed by atoms with Crippen molar-refractivity contribution < 1.29 is 19.7 Å². The smallest absolute Gasteiger partial charge is 0.144 e. The van der Waals surface area contributed by atoms with Gasteiger partial charge in [0.2, 0.25) is 0 Å². The average Bonchev–Trinajstić information content (AvgIpc) is 3.10. The summed E-state index contributed by atoms with van der Waals surface area (Å²) in [5.41, 5.74) is 1.65. The quantitative estimate of drug-likeness (QED) is 0.0836. The molecule has 0 aliphatic heterocycles. The van der Waals surface area contributed by atoms with Crippen molar-refractivity contribution in [3.63, 3.8) is 0 Å². The third kappa shape index (κ3) is 12.9. The molecule has 0 spiro atoms. The summed E-state index contributed by atoms with van der Waals surface area (Å²) in [7, 11) is 0. The predicted molar refractivity (Wildman–Crippen MR) is 226 cm³/mol. The summed E-state index contributed by atoms with van der Waals surface area (Å²) in [5.74, 6) is 1.12. The number of ether oxygens (including phenoxy) is 2. The molecular formula is C46H67Cl2NO4. The SMILES string of the molecule is CCCCCCCCOc1ccc(C(C)(C)C)cc1C(O)(c1cc(C(C)(C)C)ccc1OCCCCCCCC)C(C)N=Cc1cc(Cl)cc(Cl)c1O. The molecule has 3 aromatic rings. The Morgan fingerprint density at radius 2 is 1.09 bits per heavy atom. The fraction of sp³-hybridized carbons (Fsp3) is 0.587. The number of hydrogen-bond donors (Lipinski definition) is 2. The van der Waals surface area contributed by atoms with Gasteiger partial charge in [-0.05, 0) is 78.1 Å². The van der Waals surface area contributed by atoms with Gasteiger partial charge in [-0.25, -0.2) is 0 Å². The maximum Gasteiger partial charge on any atom is 0.144 e. The fourth-order valence-corrected chi connectivity index (χ4v) is 7.06. The van der Waals surface area contributed by atoms with Gasteiger partial charge in [-0.3, -0.25) is 4.99 Å². The van der Waals surface area contributed by atoms with E-state index in [0.29, 0.717) is 46.4 Å². The molecule has 0 bridgehead atoms. The Bertz CT molecular complexity index is 1520. The van der Waals surface area contributed by atoms with Crippen molar-refractivity contribution in [2.75, 3.05) is 13.2 Å². The zero-order chi connectivity index (χ0) is 39.2. The highest BCUT2D eigenvalue weighted by molar-refractivity contribution is 6.36. The first-order valence-electron chi connectivity index (χ1n) is 20.0. The Kier molecular flexibility index (Phi) is 17.5. The number of rotatable bonds is 21. The molecule has 5 nitrogen and oxygen atoms in total. The molecule has 53 heavy (non-hydrogen) atoms. The van der Waals surface area contributed by atoms with E-state index >= 15 is 0 Å². The van der Waals surface area contributed by atoms with Crippen molar-refractivity contribution in [2.24, 2.45) is 4.99 Å². The van der Waals surface area contributed by atoms with Gasteiger partial charge in [0.25, 0.3) is 0 Å². The fourth-order valence-electron chi connectivity index (χ4n) is 6.55. The van der Waals surface area contributed by atoms with Crippen LogP contribution in [0.2, 0.25) is 10.0 Å². The molecule has 0 aromatic heterocycles. The van der Waals surface area contributed by atoms with Crippen molar-refractivity contribution >= 4 is 29.4 Å². The van der Waals surface area contributed by atoms with Crippen molar-refractivity contribution in [1.82, 2.24) is 0 Å². The molecule has 0 aliphatic carbocycles. The summed E-state index contributed by atoms with van der Waals surface area (Å²) in [4.78, 5) is 4.94. The maximum absolute atomic E-state index is 13.6. The zero-order valence-electron chi connectivity index (χ0n) is 34.1. The number of phenols is 1. The van der Waals surface area contributed by atoms with Crippen LogP contribution < -0.4 is 9.47 Å². The van der Waals surface area contributed by atoms with Crippen LogP contribution in [0, 0.1) is 0 Å². The van der Waals surface area contributed by atoms with E-state index < -0.39 is 11.6 Å². The van der Waals surface area contributed by atoms with Crippen LogP contribution in [0.4, 0.5) is 0 Å². The van der Waals surface area contributed by atoms with Gasteiger partial charge in [-0.1, -0.05) is 155 Å². The summed E-state index contributed by atoms with van der Waals surface area (Å²) in [6, 6.07) is 14.7. The highest BCUT2D eigenvalue weighted by atomic mass is 35.5. The van der Waals surface area contributed by atoms with E-state index in [0.717, 1.165) is 36.8 Å². The molecule has 3 rings (SSSR count). The Morgan fingerprint density at radius 3 is 1.53 bits per heavy atom. The van der Waals surface area contributed by atoms with Crippen LogP contribution in [0.1, 0.15) is 167 Å². The Hall–Kier alpha value is -2.73. The van der Waals surface area contributed by atoms with Gasteiger partial charge >= 0.3 is 0 Å². The molecule has 7 heteroatoms. The number of aliphatic hydroxyl groups is 1. The number of hydrogen-bond acceptors (Lipinski definition) is 5. The molecular weight excluding hydrogens is 701 g/mol. The van der Waals surface area contributed by atoms with E-state index in [1.165, 1.54) is 63.6 Å². The highest BCUT2D eigenvalue weighted by Gasteiger charge is 2.43. The third-order valence-electron chi connectivity index (χ3n) is 10.1. The monoisotopic (exact) mass is 767 g/mol. The second-order valence-electron chi connectivity index (χ2n) is 16.7. The molecule has 1 atom stereocenters. The maximum atomic E-state index is 13.6. The molecule has 0 aliphatic rings. The Labute approximate surface area is 331 Å². The summed E-state index contributed by atoms with van der Waals surface area (Å²) in [6.07, 6.45) is 15.3. The lowest BCUT2D eigenvalue weighted by molar-refractivity contribution is 0.0519. The van der Waals surface area contributed by atoms with Crippen LogP contribution in [0.5, 0.6) is 17.2 Å². The molecule has 0 saturated heterocycles. The van der Waals surface area contributed by atoms with Crippen LogP contribution in [-0.2, 0) is 16.4 Å². The van der Waals surface area contributed by atoms with Crippen LogP contribution in [0.15, 0.2) is 53.5 Å². The molecule has 3 aromatic carbocycles. The lowest BCUT2D eigenvalue weighted by atomic mass is 9.75. The van der Waals surface area contributed by atoms with Crippen molar-refractivity contribution in [3.05, 3.63) is 86.4 Å². The Morgan fingerprint density at radius 1 is 0.660 bits per heavy atom. The van der Waals surface area contributed by atoms with E-state index in [1.807, 2.05) is 19.1 Å². The first-order valence-corrected chi connectivity index (χ1v) is 20.8. The number of phenolic OH excluding ortho intramolecular Hbond substituents is 1. The minimum Gasteiger partial charge on any atom is -0.506 e. The van der Waals surface area contributed by atoms with Gasteiger partial charge in [0.1, 0.15) is 22.8 Å². The number of unbranched alkanes of at least 4 members (excludes halogenated alkanes) is 10. The number of benzene rings is 3. The van der Waals surface area contributed by atoms with Crippen LogP contribution in [-0.4, -0.2) is 35.7 Å². The first kappa shape index (κ1) is 44.7. The topological polar surface area (TPSA) is 71.3 Å². The minimum absolute atomic E-state index is 0.120.